The van der Waals surface area contributed by atoms with Gasteiger partial charge in [-0.25, -0.2) is 8.42 Å². The van der Waals surface area contributed by atoms with Crippen LogP contribution in [-0.2, 0) is 9.84 Å². The van der Waals surface area contributed by atoms with E-state index >= 15 is 0 Å². The summed E-state index contributed by atoms with van der Waals surface area (Å²) in [6.45, 7) is 13.4. The molecule has 0 aromatic rings. The molecule has 5 heteroatoms. The zero-order valence-electron chi connectivity index (χ0n) is 12.8. The summed E-state index contributed by atoms with van der Waals surface area (Å²) >= 11 is 0. The van der Waals surface area contributed by atoms with Crippen molar-refractivity contribution in [1.29, 1.82) is 0 Å². The van der Waals surface area contributed by atoms with E-state index < -0.39 is 14.6 Å². The maximum absolute atomic E-state index is 12.1. The summed E-state index contributed by atoms with van der Waals surface area (Å²) in [6, 6.07) is 0. The molecule has 0 radical (unpaired) electrons. The first-order valence-corrected chi connectivity index (χ1v) is 8.30. The highest BCUT2D eigenvalue weighted by molar-refractivity contribution is 7.92. The molecule has 0 aliphatic rings. The first-order chi connectivity index (χ1) is 7.98. The van der Waals surface area contributed by atoms with Crippen molar-refractivity contribution in [2.45, 2.75) is 58.2 Å². The SMILES string of the molecule is CCCN(CCS(=O)(=O)C(C)(C)C)C(C)(C)CN. The maximum Gasteiger partial charge on any atom is 0.156 e. The van der Waals surface area contributed by atoms with Crippen LogP contribution >= 0.6 is 0 Å². The van der Waals surface area contributed by atoms with E-state index in [9.17, 15) is 8.42 Å². The normalized spacial score (nSPS) is 14.2. The summed E-state index contributed by atoms with van der Waals surface area (Å²) in [7, 11) is -3.06. The summed E-state index contributed by atoms with van der Waals surface area (Å²) in [5.74, 6) is 0.194. The van der Waals surface area contributed by atoms with Gasteiger partial charge in [-0.3, -0.25) is 4.90 Å². The van der Waals surface area contributed by atoms with Crippen molar-refractivity contribution in [2.75, 3.05) is 25.4 Å². The van der Waals surface area contributed by atoms with E-state index in [1.165, 1.54) is 0 Å². The van der Waals surface area contributed by atoms with Crippen molar-refractivity contribution in [3.63, 3.8) is 0 Å². The molecule has 2 N–H and O–H groups in total. The third kappa shape index (κ3) is 4.86. The Kier molecular flexibility index (Phi) is 6.30. The third-order valence-electron chi connectivity index (χ3n) is 3.41. The van der Waals surface area contributed by atoms with Crippen molar-refractivity contribution in [3.05, 3.63) is 0 Å². The number of hydrogen-bond donors (Lipinski definition) is 1. The van der Waals surface area contributed by atoms with Gasteiger partial charge in [-0.2, -0.15) is 0 Å². The molecule has 0 spiro atoms. The Bertz CT molecular complexity index is 342. The topological polar surface area (TPSA) is 63.4 Å². The fourth-order valence-corrected chi connectivity index (χ4v) is 2.73. The molecule has 0 amide bonds. The van der Waals surface area contributed by atoms with Crippen molar-refractivity contribution >= 4 is 9.84 Å². The molecule has 0 aromatic carbocycles. The molecular formula is C13H30N2O2S. The summed E-state index contributed by atoms with van der Waals surface area (Å²) in [5, 5.41) is 0. The summed E-state index contributed by atoms with van der Waals surface area (Å²) in [4.78, 5) is 2.18. The minimum Gasteiger partial charge on any atom is -0.329 e. The van der Waals surface area contributed by atoms with Crippen molar-refractivity contribution in [1.82, 2.24) is 4.90 Å². The number of sulfone groups is 1. The van der Waals surface area contributed by atoms with Gasteiger partial charge < -0.3 is 5.73 Å². The van der Waals surface area contributed by atoms with E-state index in [4.69, 9.17) is 5.73 Å². The van der Waals surface area contributed by atoms with Crippen LogP contribution in [0.2, 0.25) is 0 Å². The predicted molar refractivity (Wildman–Crippen MR) is 78.5 cm³/mol. The molecule has 0 aliphatic carbocycles. The van der Waals surface area contributed by atoms with Gasteiger partial charge >= 0.3 is 0 Å². The zero-order valence-corrected chi connectivity index (χ0v) is 13.6. The van der Waals surface area contributed by atoms with Crippen LogP contribution in [0, 0.1) is 0 Å². The van der Waals surface area contributed by atoms with Gasteiger partial charge in [-0.1, -0.05) is 6.92 Å². The van der Waals surface area contributed by atoms with Gasteiger partial charge in [0.2, 0.25) is 0 Å². The molecule has 18 heavy (non-hydrogen) atoms. The highest BCUT2D eigenvalue weighted by Gasteiger charge is 2.31. The minimum atomic E-state index is -3.06. The number of rotatable bonds is 7. The van der Waals surface area contributed by atoms with E-state index in [1.54, 1.807) is 20.8 Å². The van der Waals surface area contributed by atoms with Crippen LogP contribution < -0.4 is 5.73 Å². The molecule has 110 valence electrons. The molecule has 0 unspecified atom stereocenters. The van der Waals surface area contributed by atoms with Crippen LogP contribution in [0.15, 0.2) is 0 Å². The quantitative estimate of drug-likeness (QED) is 0.769. The highest BCUT2D eigenvalue weighted by atomic mass is 32.2. The second-order valence-corrected chi connectivity index (χ2v) is 9.30. The first kappa shape index (κ1) is 17.9. The molecule has 0 atom stereocenters. The molecule has 0 saturated heterocycles. The lowest BCUT2D eigenvalue weighted by molar-refractivity contribution is 0.135. The second kappa shape index (κ2) is 6.35. The van der Waals surface area contributed by atoms with Gasteiger partial charge in [-0.05, 0) is 47.6 Å². The molecule has 0 saturated carbocycles. The van der Waals surface area contributed by atoms with E-state index in [1.807, 2.05) is 0 Å². The lowest BCUT2D eigenvalue weighted by atomic mass is 10.0. The van der Waals surface area contributed by atoms with E-state index in [0.717, 1.165) is 13.0 Å². The largest absolute Gasteiger partial charge is 0.329 e. The smallest absolute Gasteiger partial charge is 0.156 e. The van der Waals surface area contributed by atoms with E-state index in [0.29, 0.717) is 13.1 Å². The van der Waals surface area contributed by atoms with Crippen molar-refractivity contribution in [3.8, 4) is 0 Å². The minimum absolute atomic E-state index is 0.149. The van der Waals surface area contributed by atoms with Crippen molar-refractivity contribution in [2.24, 2.45) is 5.73 Å². The fraction of sp³-hybridized carbons (Fsp3) is 1.00. The summed E-state index contributed by atoms with van der Waals surface area (Å²) in [6.07, 6.45) is 0.999. The van der Waals surface area contributed by atoms with Crippen LogP contribution in [0.5, 0.6) is 0 Å². The Balaban J connectivity index is 4.75. The lowest BCUT2D eigenvalue weighted by Gasteiger charge is -2.38. The molecule has 0 fully saturated rings. The number of hydrogen-bond acceptors (Lipinski definition) is 4. The fourth-order valence-electron chi connectivity index (χ4n) is 1.65. The molecule has 0 bridgehead atoms. The van der Waals surface area contributed by atoms with Gasteiger partial charge in [0, 0.05) is 18.6 Å². The van der Waals surface area contributed by atoms with Gasteiger partial charge in [0.1, 0.15) is 0 Å². The Hall–Kier alpha value is -0.130. The Morgan fingerprint density at radius 2 is 1.56 bits per heavy atom. The average Bonchev–Trinajstić information content (AvgIpc) is 2.22. The molecule has 4 nitrogen and oxygen atoms in total. The Morgan fingerprint density at radius 3 is 1.89 bits per heavy atom. The molecule has 0 heterocycles. The maximum atomic E-state index is 12.1. The molecule has 0 aromatic heterocycles. The van der Waals surface area contributed by atoms with E-state index in [2.05, 4.69) is 25.7 Å². The average molecular weight is 278 g/mol. The second-order valence-electron chi connectivity index (χ2n) is 6.43. The number of nitrogens with zero attached hydrogens (tertiary/aromatic N) is 1. The summed E-state index contributed by atoms with van der Waals surface area (Å²) in [5.41, 5.74) is 5.62. The highest BCUT2D eigenvalue weighted by Crippen LogP contribution is 2.18. The van der Waals surface area contributed by atoms with Crippen LogP contribution in [0.25, 0.3) is 0 Å². The zero-order chi connectivity index (χ0) is 14.6. The van der Waals surface area contributed by atoms with Gasteiger partial charge in [0.15, 0.2) is 9.84 Å². The molecular weight excluding hydrogens is 248 g/mol. The lowest BCUT2D eigenvalue weighted by Crippen LogP contribution is -2.51. The Labute approximate surface area is 113 Å². The van der Waals surface area contributed by atoms with Gasteiger partial charge in [-0.15, -0.1) is 0 Å². The van der Waals surface area contributed by atoms with Gasteiger partial charge in [0.05, 0.1) is 10.5 Å². The standard InChI is InChI=1S/C13H30N2O2S/c1-7-8-15(13(5,6)11-14)9-10-18(16,17)12(2,3)4/h7-11,14H2,1-6H3. The Morgan fingerprint density at radius 1 is 1.06 bits per heavy atom. The van der Waals surface area contributed by atoms with Crippen LogP contribution in [0.4, 0.5) is 0 Å². The van der Waals surface area contributed by atoms with E-state index in [-0.39, 0.29) is 11.3 Å². The predicted octanol–water partition coefficient (Wildman–Crippen LogP) is 1.65. The summed E-state index contributed by atoms with van der Waals surface area (Å²) < 4.78 is 23.6. The first-order valence-electron chi connectivity index (χ1n) is 6.65. The van der Waals surface area contributed by atoms with Crippen LogP contribution in [0.3, 0.4) is 0 Å². The molecule has 0 aliphatic heterocycles. The van der Waals surface area contributed by atoms with Crippen LogP contribution in [-0.4, -0.2) is 49.0 Å². The van der Waals surface area contributed by atoms with Crippen LogP contribution in [0.1, 0.15) is 48.0 Å². The monoisotopic (exact) mass is 278 g/mol. The molecule has 0 rings (SSSR count). The van der Waals surface area contributed by atoms with Crippen molar-refractivity contribution < 1.29 is 8.42 Å². The van der Waals surface area contributed by atoms with Gasteiger partial charge in [0.25, 0.3) is 0 Å². The third-order valence-corrected chi connectivity index (χ3v) is 6.00. The number of nitrogens with two attached hydrogens (primary N) is 1.